The minimum absolute atomic E-state index is 0.0243. The number of aryl methyl sites for hydroxylation is 1. The first-order valence-electron chi connectivity index (χ1n) is 5.69. The fourth-order valence-electron chi connectivity index (χ4n) is 1.77. The highest BCUT2D eigenvalue weighted by atomic mass is 16.6. The van der Waals surface area contributed by atoms with Crippen molar-refractivity contribution in [2.24, 2.45) is 5.16 Å². The summed E-state index contributed by atoms with van der Waals surface area (Å²) in [5.74, 6) is -0.0677. The van der Waals surface area contributed by atoms with Crippen molar-refractivity contribution in [3.05, 3.63) is 35.4 Å². The number of hydrogen-bond acceptors (Lipinski definition) is 3. The molecule has 4 nitrogen and oxygen atoms in total. The van der Waals surface area contributed by atoms with Gasteiger partial charge in [-0.05, 0) is 26.0 Å². The van der Waals surface area contributed by atoms with E-state index in [1.807, 2.05) is 32.0 Å². The molecule has 1 aliphatic rings. The van der Waals surface area contributed by atoms with Crippen LogP contribution in [0.4, 0.5) is 0 Å². The van der Waals surface area contributed by atoms with Crippen molar-refractivity contribution in [1.82, 2.24) is 5.32 Å². The second-order valence-electron chi connectivity index (χ2n) is 4.34. The Morgan fingerprint density at radius 2 is 2.35 bits per heavy atom. The third-order valence-electron chi connectivity index (χ3n) is 2.65. The van der Waals surface area contributed by atoms with Gasteiger partial charge in [0.2, 0.25) is 0 Å². The summed E-state index contributed by atoms with van der Waals surface area (Å²) < 4.78 is 0. The van der Waals surface area contributed by atoms with E-state index in [9.17, 15) is 4.79 Å². The van der Waals surface area contributed by atoms with E-state index in [-0.39, 0.29) is 12.0 Å². The first-order chi connectivity index (χ1) is 8.15. The van der Waals surface area contributed by atoms with Crippen LogP contribution in [0.1, 0.15) is 29.3 Å². The zero-order valence-electron chi connectivity index (χ0n) is 10.1. The molecule has 0 saturated carbocycles. The predicted molar refractivity (Wildman–Crippen MR) is 66.1 cm³/mol. The van der Waals surface area contributed by atoms with Crippen LogP contribution in [0.25, 0.3) is 0 Å². The molecule has 1 aromatic rings. The number of carbonyl (C=O) groups excluding carboxylic acids is 1. The maximum atomic E-state index is 11.8. The van der Waals surface area contributed by atoms with Gasteiger partial charge in [0.25, 0.3) is 5.91 Å². The Labute approximate surface area is 101 Å². The van der Waals surface area contributed by atoms with Crippen LogP contribution in [-0.2, 0) is 4.84 Å². The van der Waals surface area contributed by atoms with Crippen LogP contribution >= 0.6 is 0 Å². The second-order valence-corrected chi connectivity index (χ2v) is 4.34. The van der Waals surface area contributed by atoms with Gasteiger partial charge in [0.15, 0.2) is 0 Å². The van der Waals surface area contributed by atoms with Gasteiger partial charge < -0.3 is 10.2 Å². The van der Waals surface area contributed by atoms with Crippen LogP contribution in [0.5, 0.6) is 0 Å². The third-order valence-corrected chi connectivity index (χ3v) is 2.65. The van der Waals surface area contributed by atoms with Crippen molar-refractivity contribution in [2.75, 3.05) is 6.54 Å². The van der Waals surface area contributed by atoms with Gasteiger partial charge in [-0.3, -0.25) is 4.79 Å². The monoisotopic (exact) mass is 232 g/mol. The van der Waals surface area contributed by atoms with E-state index in [0.29, 0.717) is 12.1 Å². The molecule has 1 aromatic carbocycles. The molecule has 17 heavy (non-hydrogen) atoms. The second kappa shape index (κ2) is 4.99. The van der Waals surface area contributed by atoms with Crippen molar-refractivity contribution in [2.45, 2.75) is 26.4 Å². The van der Waals surface area contributed by atoms with Crippen molar-refractivity contribution in [1.29, 1.82) is 0 Å². The zero-order valence-corrected chi connectivity index (χ0v) is 10.1. The van der Waals surface area contributed by atoms with Crippen LogP contribution in [-0.4, -0.2) is 24.3 Å². The lowest BCUT2D eigenvalue weighted by atomic mass is 10.1. The molecule has 1 heterocycles. The van der Waals surface area contributed by atoms with Crippen LogP contribution in [0.2, 0.25) is 0 Å². The Hall–Kier alpha value is -1.84. The quantitative estimate of drug-likeness (QED) is 0.865. The summed E-state index contributed by atoms with van der Waals surface area (Å²) in [6.45, 7) is 4.38. The highest BCUT2D eigenvalue weighted by molar-refractivity contribution is 5.94. The van der Waals surface area contributed by atoms with Crippen LogP contribution in [0.15, 0.2) is 29.4 Å². The molecule has 0 radical (unpaired) electrons. The summed E-state index contributed by atoms with van der Waals surface area (Å²) >= 11 is 0. The molecule has 1 N–H and O–H groups in total. The van der Waals surface area contributed by atoms with Gasteiger partial charge >= 0.3 is 0 Å². The number of amides is 1. The molecular formula is C13H16N2O2. The molecule has 0 saturated heterocycles. The Morgan fingerprint density at radius 3 is 3.00 bits per heavy atom. The summed E-state index contributed by atoms with van der Waals surface area (Å²) in [5, 5.41) is 6.70. The van der Waals surface area contributed by atoms with E-state index in [0.717, 1.165) is 17.7 Å². The Morgan fingerprint density at radius 1 is 1.53 bits per heavy atom. The fraction of sp³-hybridized carbons (Fsp3) is 0.385. The Balaban J connectivity index is 1.86. The first kappa shape index (κ1) is 11.6. The van der Waals surface area contributed by atoms with Gasteiger partial charge in [-0.1, -0.05) is 22.9 Å². The molecule has 4 heteroatoms. The van der Waals surface area contributed by atoms with E-state index in [1.165, 1.54) is 0 Å². The molecule has 0 unspecified atom stereocenters. The van der Waals surface area contributed by atoms with Gasteiger partial charge in [0.05, 0.1) is 12.3 Å². The lowest BCUT2D eigenvalue weighted by Crippen LogP contribution is -2.32. The summed E-state index contributed by atoms with van der Waals surface area (Å²) in [6, 6.07) is 7.52. The topological polar surface area (TPSA) is 50.7 Å². The normalized spacial score (nSPS) is 18.5. The highest BCUT2D eigenvalue weighted by Crippen LogP contribution is 2.09. The van der Waals surface area contributed by atoms with Crippen LogP contribution in [0.3, 0.4) is 0 Å². The SMILES string of the molecule is CC1=NO[C@@H](CNC(=O)c2cccc(C)c2)C1. The minimum atomic E-state index is -0.0677. The molecule has 0 fully saturated rings. The molecule has 2 rings (SSSR count). The molecule has 0 bridgehead atoms. The van der Waals surface area contributed by atoms with E-state index in [1.54, 1.807) is 6.07 Å². The molecule has 0 spiro atoms. The van der Waals surface area contributed by atoms with Gasteiger partial charge in [-0.2, -0.15) is 0 Å². The Bertz CT molecular complexity index is 454. The highest BCUT2D eigenvalue weighted by Gasteiger charge is 2.18. The predicted octanol–water partition coefficient (Wildman–Crippen LogP) is 1.89. The minimum Gasteiger partial charge on any atom is -0.390 e. The first-order valence-corrected chi connectivity index (χ1v) is 5.69. The maximum absolute atomic E-state index is 11.8. The number of hydrogen-bond donors (Lipinski definition) is 1. The number of carbonyl (C=O) groups is 1. The summed E-state index contributed by atoms with van der Waals surface area (Å²) in [4.78, 5) is 17.0. The van der Waals surface area contributed by atoms with Crippen LogP contribution in [0, 0.1) is 6.92 Å². The molecule has 0 aromatic heterocycles. The van der Waals surface area contributed by atoms with E-state index in [2.05, 4.69) is 10.5 Å². The molecule has 1 atom stereocenters. The maximum Gasteiger partial charge on any atom is 0.251 e. The molecule has 90 valence electrons. The van der Waals surface area contributed by atoms with E-state index in [4.69, 9.17) is 4.84 Å². The summed E-state index contributed by atoms with van der Waals surface area (Å²) in [7, 11) is 0. The number of oxime groups is 1. The van der Waals surface area contributed by atoms with E-state index >= 15 is 0 Å². The van der Waals surface area contributed by atoms with Gasteiger partial charge in [0.1, 0.15) is 6.10 Å². The number of rotatable bonds is 3. The zero-order chi connectivity index (χ0) is 12.3. The number of nitrogens with zero attached hydrogens (tertiary/aromatic N) is 1. The molecule has 1 amide bonds. The van der Waals surface area contributed by atoms with Gasteiger partial charge in [-0.25, -0.2) is 0 Å². The fourth-order valence-corrected chi connectivity index (χ4v) is 1.77. The van der Waals surface area contributed by atoms with E-state index < -0.39 is 0 Å². The Kier molecular flexibility index (Phi) is 3.42. The number of benzene rings is 1. The number of nitrogens with one attached hydrogen (secondary N) is 1. The van der Waals surface area contributed by atoms with Crippen molar-refractivity contribution < 1.29 is 9.63 Å². The van der Waals surface area contributed by atoms with Gasteiger partial charge in [-0.15, -0.1) is 0 Å². The van der Waals surface area contributed by atoms with Crippen molar-refractivity contribution >= 4 is 11.6 Å². The lowest BCUT2D eigenvalue weighted by molar-refractivity contribution is 0.0753. The van der Waals surface area contributed by atoms with Crippen LogP contribution < -0.4 is 5.32 Å². The van der Waals surface area contributed by atoms with Crippen molar-refractivity contribution in [3.8, 4) is 0 Å². The third kappa shape index (κ3) is 3.06. The van der Waals surface area contributed by atoms with Gasteiger partial charge in [0, 0.05) is 12.0 Å². The average molecular weight is 232 g/mol. The summed E-state index contributed by atoms with van der Waals surface area (Å²) in [6.07, 6.45) is 0.762. The molecular weight excluding hydrogens is 216 g/mol. The molecule has 0 aliphatic carbocycles. The van der Waals surface area contributed by atoms with Crippen molar-refractivity contribution in [3.63, 3.8) is 0 Å². The molecule has 1 aliphatic heterocycles. The standard InChI is InChI=1S/C13H16N2O2/c1-9-4-3-5-11(6-9)13(16)14-8-12-7-10(2)15-17-12/h3-6,12H,7-8H2,1-2H3,(H,14,16)/t12-/m1/s1. The average Bonchev–Trinajstić information content (AvgIpc) is 2.72. The smallest absolute Gasteiger partial charge is 0.251 e. The largest absolute Gasteiger partial charge is 0.390 e. The summed E-state index contributed by atoms with van der Waals surface area (Å²) in [5.41, 5.74) is 2.73. The lowest BCUT2D eigenvalue weighted by Gasteiger charge is -2.10.